The number of aromatic nitrogens is 3. The Balaban J connectivity index is 2.13. The van der Waals surface area contributed by atoms with Gasteiger partial charge in [0.1, 0.15) is 0 Å². The zero-order valence-corrected chi connectivity index (χ0v) is 13.1. The Hall–Kier alpha value is -2.29. The van der Waals surface area contributed by atoms with Gasteiger partial charge in [-0.3, -0.25) is 4.57 Å². The van der Waals surface area contributed by atoms with Crippen LogP contribution in [-0.2, 0) is 0 Å². The summed E-state index contributed by atoms with van der Waals surface area (Å²) in [5, 5.41) is 18.7. The second-order valence-electron chi connectivity index (χ2n) is 4.43. The van der Waals surface area contributed by atoms with Crippen molar-refractivity contribution < 1.29 is 0 Å². The van der Waals surface area contributed by atoms with E-state index >= 15 is 0 Å². The van der Waals surface area contributed by atoms with E-state index < -0.39 is 0 Å². The van der Waals surface area contributed by atoms with E-state index in [2.05, 4.69) is 16.3 Å². The fourth-order valence-electron chi connectivity index (χ4n) is 2.06. The normalized spacial score (nSPS) is 10.4. The Kier molecular flexibility index (Phi) is 4.42. The quantitative estimate of drug-likeness (QED) is 0.674. The van der Waals surface area contributed by atoms with Crippen LogP contribution in [0.4, 0.5) is 0 Å². The summed E-state index contributed by atoms with van der Waals surface area (Å²) in [5.74, 6) is 1.06. The highest BCUT2D eigenvalue weighted by molar-refractivity contribution is 7.99. The Morgan fingerprint density at radius 2 is 1.77 bits per heavy atom. The molecule has 0 spiro atoms. The van der Waals surface area contributed by atoms with Crippen LogP contribution in [0.15, 0.2) is 59.8 Å². The van der Waals surface area contributed by atoms with E-state index in [1.165, 1.54) is 11.8 Å². The van der Waals surface area contributed by atoms with Crippen molar-refractivity contribution in [3.63, 3.8) is 0 Å². The lowest BCUT2D eigenvalue weighted by Gasteiger charge is -2.09. The third-order valence-corrected chi connectivity index (χ3v) is 4.06. The molecule has 4 nitrogen and oxygen atoms in total. The largest absolute Gasteiger partial charge is 0.270 e. The first-order valence-electron chi connectivity index (χ1n) is 6.56. The second kappa shape index (κ2) is 6.65. The van der Waals surface area contributed by atoms with Crippen LogP contribution in [-0.4, -0.2) is 20.5 Å². The van der Waals surface area contributed by atoms with Crippen molar-refractivity contribution in [3.8, 4) is 23.1 Å². The van der Waals surface area contributed by atoms with E-state index in [-0.39, 0.29) is 0 Å². The smallest absolute Gasteiger partial charge is 0.197 e. The van der Waals surface area contributed by atoms with E-state index in [9.17, 15) is 0 Å². The van der Waals surface area contributed by atoms with E-state index in [0.717, 1.165) is 17.1 Å². The first-order valence-corrected chi connectivity index (χ1v) is 7.92. The molecule has 0 unspecified atom stereocenters. The average Bonchev–Trinajstić information content (AvgIpc) is 2.98. The van der Waals surface area contributed by atoms with Crippen molar-refractivity contribution in [2.45, 2.75) is 5.16 Å². The number of hydrogen-bond acceptors (Lipinski definition) is 4. The highest BCUT2D eigenvalue weighted by Crippen LogP contribution is 2.28. The molecule has 108 valence electrons. The number of rotatable bonds is 4. The van der Waals surface area contributed by atoms with Gasteiger partial charge in [0.15, 0.2) is 11.0 Å². The van der Waals surface area contributed by atoms with Crippen molar-refractivity contribution >= 4 is 23.4 Å². The molecule has 22 heavy (non-hydrogen) atoms. The fraction of sp³-hybridized carbons (Fsp3) is 0.0625. The highest BCUT2D eigenvalue weighted by atomic mass is 35.5. The molecular weight excluding hydrogens is 316 g/mol. The molecule has 0 bridgehead atoms. The molecule has 0 amide bonds. The predicted molar refractivity (Wildman–Crippen MR) is 88.1 cm³/mol. The van der Waals surface area contributed by atoms with Gasteiger partial charge < -0.3 is 0 Å². The van der Waals surface area contributed by atoms with Crippen molar-refractivity contribution in [2.75, 3.05) is 5.75 Å². The summed E-state index contributed by atoms with van der Waals surface area (Å²) >= 11 is 7.32. The minimum Gasteiger partial charge on any atom is -0.270 e. The molecule has 6 heteroatoms. The molecule has 0 radical (unpaired) electrons. The van der Waals surface area contributed by atoms with Crippen molar-refractivity contribution in [3.05, 3.63) is 59.6 Å². The first kappa shape index (κ1) is 14.6. The van der Waals surface area contributed by atoms with Crippen LogP contribution in [0.1, 0.15) is 0 Å². The Bertz CT molecular complexity index is 806. The zero-order chi connectivity index (χ0) is 15.4. The van der Waals surface area contributed by atoms with Crippen LogP contribution in [0.2, 0.25) is 5.02 Å². The molecule has 1 heterocycles. The molecule has 1 aromatic heterocycles. The third kappa shape index (κ3) is 2.98. The molecule has 0 aliphatic heterocycles. The summed E-state index contributed by atoms with van der Waals surface area (Å²) in [6, 6.07) is 19.4. The van der Waals surface area contributed by atoms with Gasteiger partial charge in [0.25, 0.3) is 0 Å². The Morgan fingerprint density at radius 3 is 2.45 bits per heavy atom. The van der Waals surface area contributed by atoms with Gasteiger partial charge in [-0.25, -0.2) is 0 Å². The standard InChI is InChI=1S/C16H11ClN4S/c17-13-6-8-14(9-7-13)21-15(12-4-2-1-3-5-12)19-20-16(21)22-11-10-18/h1-9H,11H2. The minimum atomic E-state index is 0.320. The maximum atomic E-state index is 8.80. The number of nitrogens with zero attached hydrogens (tertiary/aromatic N) is 4. The van der Waals surface area contributed by atoms with Gasteiger partial charge in [0.2, 0.25) is 0 Å². The van der Waals surface area contributed by atoms with E-state index in [4.69, 9.17) is 16.9 Å². The van der Waals surface area contributed by atoms with Crippen LogP contribution >= 0.6 is 23.4 Å². The summed E-state index contributed by atoms with van der Waals surface area (Å²) in [6.07, 6.45) is 0. The molecule has 0 fully saturated rings. The number of benzene rings is 2. The summed E-state index contributed by atoms with van der Waals surface area (Å²) in [5.41, 5.74) is 1.88. The Morgan fingerprint density at radius 1 is 1.05 bits per heavy atom. The molecular formula is C16H11ClN4S. The van der Waals surface area contributed by atoms with Gasteiger partial charge in [-0.1, -0.05) is 53.7 Å². The van der Waals surface area contributed by atoms with Crippen LogP contribution in [0.3, 0.4) is 0 Å². The maximum absolute atomic E-state index is 8.80. The third-order valence-electron chi connectivity index (χ3n) is 3.02. The van der Waals surface area contributed by atoms with Gasteiger partial charge >= 0.3 is 0 Å². The molecule has 2 aromatic carbocycles. The summed E-state index contributed by atoms with van der Waals surface area (Å²) in [6.45, 7) is 0. The van der Waals surface area contributed by atoms with Gasteiger partial charge in [-0.15, -0.1) is 10.2 Å². The van der Waals surface area contributed by atoms with Crippen molar-refractivity contribution in [2.24, 2.45) is 0 Å². The molecule has 3 aromatic rings. The topological polar surface area (TPSA) is 54.5 Å². The van der Waals surface area contributed by atoms with Gasteiger partial charge in [0, 0.05) is 16.3 Å². The lowest BCUT2D eigenvalue weighted by molar-refractivity contribution is 0.888. The van der Waals surface area contributed by atoms with E-state index in [1.54, 1.807) is 0 Å². The van der Waals surface area contributed by atoms with E-state index in [1.807, 2.05) is 59.2 Å². The SMILES string of the molecule is N#CCSc1nnc(-c2ccccc2)n1-c1ccc(Cl)cc1. The molecule has 0 atom stereocenters. The lowest BCUT2D eigenvalue weighted by atomic mass is 10.2. The first-order chi connectivity index (χ1) is 10.8. The average molecular weight is 327 g/mol. The number of hydrogen-bond donors (Lipinski definition) is 0. The monoisotopic (exact) mass is 326 g/mol. The van der Waals surface area contributed by atoms with Crippen molar-refractivity contribution in [1.82, 2.24) is 14.8 Å². The van der Waals surface area contributed by atoms with Crippen LogP contribution < -0.4 is 0 Å². The van der Waals surface area contributed by atoms with Crippen LogP contribution in [0, 0.1) is 11.3 Å². The number of nitriles is 1. The zero-order valence-electron chi connectivity index (χ0n) is 11.5. The number of halogens is 1. The van der Waals surface area contributed by atoms with Crippen LogP contribution in [0.5, 0.6) is 0 Å². The van der Waals surface area contributed by atoms with E-state index in [0.29, 0.717) is 15.9 Å². The summed E-state index contributed by atoms with van der Waals surface area (Å²) in [7, 11) is 0. The van der Waals surface area contributed by atoms with Gasteiger partial charge in [0.05, 0.1) is 11.8 Å². The minimum absolute atomic E-state index is 0.320. The number of thioether (sulfide) groups is 1. The summed E-state index contributed by atoms with van der Waals surface area (Å²) in [4.78, 5) is 0. The fourth-order valence-corrected chi connectivity index (χ4v) is 2.80. The second-order valence-corrected chi connectivity index (χ2v) is 5.81. The molecule has 0 aliphatic carbocycles. The Labute approximate surface area is 137 Å². The molecule has 0 aliphatic rings. The van der Waals surface area contributed by atoms with Gasteiger partial charge in [-0.2, -0.15) is 5.26 Å². The van der Waals surface area contributed by atoms with Crippen LogP contribution in [0.25, 0.3) is 17.1 Å². The molecule has 0 N–H and O–H groups in total. The summed E-state index contributed by atoms with van der Waals surface area (Å²) < 4.78 is 1.94. The highest BCUT2D eigenvalue weighted by Gasteiger charge is 2.15. The molecule has 3 rings (SSSR count). The maximum Gasteiger partial charge on any atom is 0.197 e. The molecule has 0 saturated carbocycles. The lowest BCUT2D eigenvalue weighted by Crippen LogP contribution is -1.99. The van der Waals surface area contributed by atoms with Crippen molar-refractivity contribution in [1.29, 1.82) is 5.26 Å². The van der Waals surface area contributed by atoms with Gasteiger partial charge in [-0.05, 0) is 24.3 Å². The predicted octanol–water partition coefficient (Wildman–Crippen LogP) is 4.20. The molecule has 0 saturated heterocycles.